The van der Waals surface area contributed by atoms with E-state index in [4.69, 9.17) is 5.26 Å². The van der Waals surface area contributed by atoms with Crippen molar-refractivity contribution < 1.29 is 18.0 Å². The number of pyridine rings is 1. The molecule has 106 valence electrons. The Morgan fingerprint density at radius 2 is 2.15 bits per heavy atom. The molecule has 0 bridgehead atoms. The van der Waals surface area contributed by atoms with Gasteiger partial charge in [0.25, 0.3) is 0 Å². The number of hydrogen-bond donors (Lipinski definition) is 1. The number of nitriles is 1. The van der Waals surface area contributed by atoms with E-state index in [1.54, 1.807) is 0 Å². The lowest BCUT2D eigenvalue weighted by Gasteiger charge is -2.39. The van der Waals surface area contributed by atoms with Crippen LogP contribution < -0.4 is 5.32 Å². The van der Waals surface area contributed by atoms with Crippen molar-refractivity contribution in [2.75, 3.05) is 5.32 Å². The van der Waals surface area contributed by atoms with E-state index in [2.05, 4.69) is 10.3 Å². The highest BCUT2D eigenvalue weighted by molar-refractivity contribution is 5.97. The number of anilines is 1. The molecule has 1 aliphatic carbocycles. The smallest absolute Gasteiger partial charge is 0.323 e. The van der Waals surface area contributed by atoms with Gasteiger partial charge in [0.05, 0.1) is 18.0 Å². The summed E-state index contributed by atoms with van der Waals surface area (Å²) >= 11 is 0. The molecule has 0 saturated heterocycles. The van der Waals surface area contributed by atoms with Crippen LogP contribution in [0, 0.1) is 22.7 Å². The molecule has 1 fully saturated rings. The van der Waals surface area contributed by atoms with Crippen LogP contribution in [-0.4, -0.2) is 10.9 Å². The molecule has 4 nitrogen and oxygen atoms in total. The maximum absolute atomic E-state index is 12.3. The monoisotopic (exact) mass is 283 g/mol. The van der Waals surface area contributed by atoms with Crippen molar-refractivity contribution in [2.24, 2.45) is 11.3 Å². The summed E-state index contributed by atoms with van der Waals surface area (Å²) in [5.74, 6) is -0.189. The predicted molar refractivity (Wildman–Crippen MR) is 64.3 cm³/mol. The SMILES string of the molecule is CC1CC(C#N)(C(=O)Nc2ccc(C(F)(F)F)nc2)C1. The molecule has 0 atom stereocenters. The van der Waals surface area contributed by atoms with Crippen molar-refractivity contribution >= 4 is 11.6 Å². The molecule has 0 radical (unpaired) electrons. The summed E-state index contributed by atoms with van der Waals surface area (Å²) in [5, 5.41) is 11.5. The molecule has 1 aromatic rings. The minimum atomic E-state index is -4.51. The van der Waals surface area contributed by atoms with E-state index in [9.17, 15) is 18.0 Å². The summed E-state index contributed by atoms with van der Waals surface area (Å²) < 4.78 is 37.0. The first-order chi connectivity index (χ1) is 9.27. The number of halogens is 3. The highest BCUT2D eigenvalue weighted by atomic mass is 19.4. The third-order valence-electron chi connectivity index (χ3n) is 3.35. The summed E-state index contributed by atoms with van der Waals surface area (Å²) in [6.07, 6.45) is -2.65. The zero-order chi connectivity index (χ0) is 15.0. The highest BCUT2D eigenvalue weighted by Crippen LogP contribution is 2.45. The lowest BCUT2D eigenvalue weighted by molar-refractivity contribution is -0.141. The molecule has 1 aromatic heterocycles. The van der Waals surface area contributed by atoms with Crippen LogP contribution in [0.2, 0.25) is 0 Å². The van der Waals surface area contributed by atoms with E-state index in [1.165, 1.54) is 0 Å². The van der Waals surface area contributed by atoms with E-state index in [0.717, 1.165) is 18.3 Å². The summed E-state index contributed by atoms with van der Waals surface area (Å²) in [7, 11) is 0. The fourth-order valence-corrected chi connectivity index (χ4v) is 2.34. The van der Waals surface area contributed by atoms with Crippen molar-refractivity contribution in [3.63, 3.8) is 0 Å². The Kier molecular flexibility index (Phi) is 3.42. The zero-order valence-electron chi connectivity index (χ0n) is 10.7. The summed E-state index contributed by atoms with van der Waals surface area (Å²) in [6.45, 7) is 1.93. The van der Waals surface area contributed by atoms with Crippen molar-refractivity contribution in [3.05, 3.63) is 24.0 Å². The Bertz CT molecular complexity index is 554. The standard InChI is InChI=1S/C13H12F3N3O/c1-8-4-12(5-8,7-17)11(20)19-9-2-3-10(18-6-9)13(14,15)16/h2-3,6,8H,4-5H2,1H3,(H,19,20). The van der Waals surface area contributed by atoms with E-state index >= 15 is 0 Å². The lowest BCUT2D eigenvalue weighted by atomic mass is 9.63. The molecule has 1 amide bonds. The van der Waals surface area contributed by atoms with Crippen molar-refractivity contribution in [2.45, 2.75) is 25.9 Å². The van der Waals surface area contributed by atoms with Gasteiger partial charge in [-0.05, 0) is 30.9 Å². The number of aromatic nitrogens is 1. The molecular weight excluding hydrogens is 271 g/mol. The van der Waals surface area contributed by atoms with Crippen molar-refractivity contribution in [1.82, 2.24) is 4.98 Å². The van der Waals surface area contributed by atoms with Crippen LogP contribution in [0.5, 0.6) is 0 Å². The molecule has 0 spiro atoms. The average Bonchev–Trinajstić information content (AvgIpc) is 2.34. The Morgan fingerprint density at radius 1 is 1.50 bits per heavy atom. The largest absolute Gasteiger partial charge is 0.433 e. The molecule has 0 aliphatic heterocycles. The van der Waals surface area contributed by atoms with Gasteiger partial charge in [0.2, 0.25) is 5.91 Å². The first-order valence-corrected chi connectivity index (χ1v) is 6.03. The second-order valence-corrected chi connectivity index (χ2v) is 5.09. The fourth-order valence-electron chi connectivity index (χ4n) is 2.34. The first kappa shape index (κ1) is 14.3. The van der Waals surface area contributed by atoms with Crippen LogP contribution in [0.25, 0.3) is 0 Å². The molecule has 1 N–H and O–H groups in total. The van der Waals surface area contributed by atoms with E-state index in [-0.39, 0.29) is 5.69 Å². The maximum Gasteiger partial charge on any atom is 0.433 e. The van der Waals surface area contributed by atoms with Crippen molar-refractivity contribution in [1.29, 1.82) is 5.26 Å². The maximum atomic E-state index is 12.3. The van der Waals surface area contributed by atoms with E-state index in [0.29, 0.717) is 18.8 Å². The average molecular weight is 283 g/mol. The molecule has 1 aliphatic rings. The molecule has 0 unspecified atom stereocenters. The van der Waals surface area contributed by atoms with Gasteiger partial charge in [-0.2, -0.15) is 18.4 Å². The van der Waals surface area contributed by atoms with Crippen molar-refractivity contribution in [3.8, 4) is 6.07 Å². The van der Waals surface area contributed by atoms with Gasteiger partial charge in [0.15, 0.2) is 0 Å². The Labute approximate surface area is 113 Å². The molecule has 1 saturated carbocycles. The van der Waals surface area contributed by atoms with Gasteiger partial charge in [-0.1, -0.05) is 6.92 Å². The number of carbonyl (C=O) groups is 1. The van der Waals surface area contributed by atoms with Gasteiger partial charge in [0.1, 0.15) is 11.1 Å². The zero-order valence-corrected chi connectivity index (χ0v) is 10.7. The third-order valence-corrected chi connectivity index (χ3v) is 3.35. The minimum Gasteiger partial charge on any atom is -0.323 e. The number of carbonyl (C=O) groups excluding carboxylic acids is 1. The summed E-state index contributed by atoms with van der Waals surface area (Å²) in [6, 6.07) is 3.90. The van der Waals surface area contributed by atoms with Crippen LogP contribution in [0.1, 0.15) is 25.5 Å². The summed E-state index contributed by atoms with van der Waals surface area (Å²) in [5.41, 5.74) is -1.94. The van der Waals surface area contributed by atoms with Crippen LogP contribution in [-0.2, 0) is 11.0 Å². The quantitative estimate of drug-likeness (QED) is 0.907. The number of alkyl halides is 3. The van der Waals surface area contributed by atoms with Crippen LogP contribution >= 0.6 is 0 Å². The Hall–Kier alpha value is -2.10. The molecular formula is C13H12F3N3O. The summed E-state index contributed by atoms with van der Waals surface area (Å²) in [4.78, 5) is 15.2. The Balaban J connectivity index is 2.08. The van der Waals surface area contributed by atoms with Gasteiger partial charge in [0, 0.05) is 0 Å². The number of nitrogens with zero attached hydrogens (tertiary/aromatic N) is 2. The number of rotatable bonds is 2. The minimum absolute atomic E-state index is 0.150. The number of hydrogen-bond acceptors (Lipinski definition) is 3. The van der Waals surface area contributed by atoms with Gasteiger partial charge in [-0.3, -0.25) is 4.79 Å². The van der Waals surface area contributed by atoms with Gasteiger partial charge in [-0.25, -0.2) is 4.98 Å². The van der Waals surface area contributed by atoms with E-state index in [1.807, 2.05) is 13.0 Å². The number of nitrogens with one attached hydrogen (secondary N) is 1. The van der Waals surface area contributed by atoms with Gasteiger partial charge < -0.3 is 5.32 Å². The molecule has 20 heavy (non-hydrogen) atoms. The normalized spacial score (nSPS) is 25.4. The van der Waals surface area contributed by atoms with Gasteiger partial charge >= 0.3 is 6.18 Å². The topological polar surface area (TPSA) is 65.8 Å². The molecule has 7 heteroatoms. The first-order valence-electron chi connectivity index (χ1n) is 6.03. The van der Waals surface area contributed by atoms with Crippen LogP contribution in [0.15, 0.2) is 18.3 Å². The van der Waals surface area contributed by atoms with Crippen LogP contribution in [0.4, 0.5) is 18.9 Å². The predicted octanol–water partition coefficient (Wildman–Crippen LogP) is 2.98. The molecule has 1 heterocycles. The second-order valence-electron chi connectivity index (χ2n) is 5.09. The second kappa shape index (κ2) is 4.78. The number of amides is 1. The lowest BCUT2D eigenvalue weighted by Crippen LogP contribution is -2.45. The fraction of sp³-hybridized carbons (Fsp3) is 0.462. The molecule has 2 rings (SSSR count). The van der Waals surface area contributed by atoms with Gasteiger partial charge in [-0.15, -0.1) is 0 Å². The third kappa shape index (κ3) is 2.59. The van der Waals surface area contributed by atoms with Crippen LogP contribution in [0.3, 0.4) is 0 Å². The van der Waals surface area contributed by atoms with E-state index < -0.39 is 23.2 Å². The highest BCUT2D eigenvalue weighted by Gasteiger charge is 2.49. The molecule has 0 aromatic carbocycles. The Morgan fingerprint density at radius 3 is 2.55 bits per heavy atom.